The average molecular weight is 315 g/mol. The van der Waals surface area contributed by atoms with Gasteiger partial charge in [-0.05, 0) is 31.2 Å². The maximum absolute atomic E-state index is 12.9. The third-order valence-electron chi connectivity index (χ3n) is 3.18. The van der Waals surface area contributed by atoms with E-state index in [1.807, 2.05) is 0 Å². The number of hydrogen-bond donors (Lipinski definition) is 0. The molecule has 1 amide bonds. The van der Waals surface area contributed by atoms with E-state index in [9.17, 15) is 21.9 Å². The molecule has 114 valence electrons. The predicted molar refractivity (Wildman–Crippen MR) is 73.2 cm³/mol. The van der Waals surface area contributed by atoms with E-state index in [4.69, 9.17) is 4.74 Å². The van der Waals surface area contributed by atoms with Gasteiger partial charge >= 0.3 is 16.2 Å². The molecule has 1 unspecified atom stereocenters. The minimum atomic E-state index is -4.74. The van der Waals surface area contributed by atoms with E-state index in [0.717, 1.165) is 0 Å². The molecule has 0 aliphatic carbocycles. The normalized spacial score (nSPS) is 18.9. The van der Waals surface area contributed by atoms with Crippen LogP contribution in [-0.4, -0.2) is 38.7 Å². The number of amides is 1. The topological polar surface area (TPSA) is 80.8 Å². The minimum Gasteiger partial charge on any atom is -0.462 e. The summed E-state index contributed by atoms with van der Waals surface area (Å²) in [5.41, 5.74) is 0.737. The number of benzene rings is 1. The van der Waals surface area contributed by atoms with Crippen molar-refractivity contribution in [3.63, 3.8) is 0 Å². The standard InChI is InChI=1S/C13H14FNO5S/c1-2-20-13(17)9-3-5-10(6-4-9)15-8-11(7-12(15)16)21(14,18)19/h3-6,11H,2,7-8H2,1H3. The molecular formula is C13H14FNO5S. The zero-order chi connectivity index (χ0) is 15.6. The van der Waals surface area contributed by atoms with E-state index in [-0.39, 0.29) is 19.6 Å². The predicted octanol–water partition coefficient (Wildman–Crippen LogP) is 1.27. The van der Waals surface area contributed by atoms with Crippen molar-refractivity contribution in [2.24, 2.45) is 0 Å². The van der Waals surface area contributed by atoms with Crippen LogP contribution in [0.25, 0.3) is 0 Å². The molecule has 21 heavy (non-hydrogen) atoms. The lowest BCUT2D eigenvalue weighted by Gasteiger charge is -2.16. The van der Waals surface area contributed by atoms with E-state index >= 15 is 0 Å². The van der Waals surface area contributed by atoms with Gasteiger partial charge in [-0.2, -0.15) is 8.42 Å². The summed E-state index contributed by atoms with van der Waals surface area (Å²) in [4.78, 5) is 24.4. The van der Waals surface area contributed by atoms with E-state index in [1.54, 1.807) is 6.92 Å². The zero-order valence-corrected chi connectivity index (χ0v) is 12.1. The maximum atomic E-state index is 12.9. The molecule has 6 nitrogen and oxygen atoms in total. The monoisotopic (exact) mass is 315 g/mol. The van der Waals surface area contributed by atoms with Crippen molar-refractivity contribution in [3.05, 3.63) is 29.8 Å². The van der Waals surface area contributed by atoms with Gasteiger partial charge in [0.1, 0.15) is 5.25 Å². The first-order chi connectivity index (χ1) is 9.82. The van der Waals surface area contributed by atoms with Crippen LogP contribution < -0.4 is 4.90 Å². The molecule has 0 saturated carbocycles. The van der Waals surface area contributed by atoms with Gasteiger partial charge in [0.2, 0.25) is 5.91 Å². The zero-order valence-electron chi connectivity index (χ0n) is 11.3. The fourth-order valence-electron chi connectivity index (χ4n) is 2.10. The van der Waals surface area contributed by atoms with Crippen LogP contribution in [0.5, 0.6) is 0 Å². The number of esters is 1. The lowest BCUT2D eigenvalue weighted by atomic mass is 10.2. The van der Waals surface area contributed by atoms with E-state index < -0.39 is 27.3 Å². The summed E-state index contributed by atoms with van der Waals surface area (Å²) in [5, 5.41) is -1.34. The Balaban J connectivity index is 2.16. The molecule has 0 aromatic heterocycles. The Morgan fingerprint density at radius 3 is 2.48 bits per heavy atom. The molecule has 1 aromatic rings. The highest BCUT2D eigenvalue weighted by Crippen LogP contribution is 2.26. The van der Waals surface area contributed by atoms with Crippen LogP contribution in [0, 0.1) is 0 Å². The summed E-state index contributed by atoms with van der Waals surface area (Å²) in [5.74, 6) is -0.953. The first-order valence-corrected chi connectivity index (χ1v) is 7.78. The summed E-state index contributed by atoms with van der Waals surface area (Å²) in [7, 11) is -4.74. The SMILES string of the molecule is CCOC(=O)c1ccc(N2CC(S(=O)(=O)F)CC2=O)cc1. The third kappa shape index (κ3) is 3.38. The highest BCUT2D eigenvalue weighted by Gasteiger charge is 2.39. The number of nitrogens with zero attached hydrogens (tertiary/aromatic N) is 1. The number of rotatable bonds is 4. The number of hydrogen-bond acceptors (Lipinski definition) is 5. The van der Waals surface area contributed by atoms with Crippen LogP contribution in [0.15, 0.2) is 24.3 Å². The van der Waals surface area contributed by atoms with Gasteiger partial charge in [0.05, 0.1) is 12.2 Å². The molecule has 0 N–H and O–H groups in total. The second-order valence-electron chi connectivity index (χ2n) is 4.57. The Hall–Kier alpha value is -1.96. The van der Waals surface area contributed by atoms with Gasteiger partial charge in [-0.25, -0.2) is 4.79 Å². The second-order valence-corrected chi connectivity index (χ2v) is 6.19. The van der Waals surface area contributed by atoms with E-state index in [0.29, 0.717) is 11.3 Å². The molecule has 0 bridgehead atoms. The molecular weight excluding hydrogens is 301 g/mol. The van der Waals surface area contributed by atoms with Crippen molar-refractivity contribution in [2.75, 3.05) is 18.1 Å². The molecule has 1 saturated heterocycles. The van der Waals surface area contributed by atoms with Crippen molar-refractivity contribution in [1.29, 1.82) is 0 Å². The molecule has 0 radical (unpaired) electrons. The smallest absolute Gasteiger partial charge is 0.338 e. The van der Waals surface area contributed by atoms with Crippen molar-refractivity contribution in [3.8, 4) is 0 Å². The van der Waals surface area contributed by atoms with Gasteiger partial charge in [-0.15, -0.1) is 3.89 Å². The fraction of sp³-hybridized carbons (Fsp3) is 0.385. The maximum Gasteiger partial charge on any atom is 0.338 e. The van der Waals surface area contributed by atoms with E-state index in [2.05, 4.69) is 0 Å². The van der Waals surface area contributed by atoms with Crippen LogP contribution in [0.3, 0.4) is 0 Å². The van der Waals surface area contributed by atoms with Gasteiger partial charge in [-0.3, -0.25) is 4.79 Å². The van der Waals surface area contributed by atoms with Crippen molar-refractivity contribution in [2.45, 2.75) is 18.6 Å². The number of ether oxygens (including phenoxy) is 1. The fourth-order valence-corrected chi connectivity index (χ4v) is 2.77. The first kappa shape index (κ1) is 15.4. The molecule has 1 aromatic carbocycles. The summed E-state index contributed by atoms with van der Waals surface area (Å²) in [6.07, 6.45) is -0.377. The summed E-state index contributed by atoms with van der Waals surface area (Å²) in [6.45, 7) is 1.71. The van der Waals surface area contributed by atoms with Crippen LogP contribution in [0.4, 0.5) is 9.57 Å². The van der Waals surface area contributed by atoms with Gasteiger partial charge in [0.15, 0.2) is 0 Å². The van der Waals surface area contributed by atoms with Crippen molar-refractivity contribution < 1.29 is 26.6 Å². The lowest BCUT2D eigenvalue weighted by Crippen LogP contribution is -2.26. The van der Waals surface area contributed by atoms with Crippen LogP contribution in [0.1, 0.15) is 23.7 Å². The lowest BCUT2D eigenvalue weighted by molar-refractivity contribution is -0.117. The van der Waals surface area contributed by atoms with Crippen LogP contribution >= 0.6 is 0 Å². The van der Waals surface area contributed by atoms with Gasteiger partial charge in [-0.1, -0.05) is 0 Å². The van der Waals surface area contributed by atoms with Crippen LogP contribution in [0.2, 0.25) is 0 Å². The molecule has 1 fully saturated rings. The number of halogens is 1. The highest BCUT2D eigenvalue weighted by atomic mass is 32.3. The molecule has 1 heterocycles. The van der Waals surface area contributed by atoms with Crippen LogP contribution in [-0.2, 0) is 19.8 Å². The third-order valence-corrected chi connectivity index (χ3v) is 4.29. The number of carbonyl (C=O) groups excluding carboxylic acids is 2. The van der Waals surface area contributed by atoms with E-state index in [1.165, 1.54) is 29.2 Å². The Kier molecular flexibility index (Phi) is 4.26. The number of carbonyl (C=O) groups is 2. The summed E-state index contributed by atoms with van der Waals surface area (Å²) >= 11 is 0. The quantitative estimate of drug-likeness (QED) is 0.617. The van der Waals surface area contributed by atoms with Gasteiger partial charge in [0.25, 0.3) is 0 Å². The number of anilines is 1. The van der Waals surface area contributed by atoms with Gasteiger partial charge in [0, 0.05) is 18.7 Å². The Morgan fingerprint density at radius 1 is 1.38 bits per heavy atom. The van der Waals surface area contributed by atoms with Crippen molar-refractivity contribution >= 4 is 27.8 Å². The Morgan fingerprint density at radius 2 is 2.00 bits per heavy atom. The molecule has 1 aliphatic heterocycles. The molecule has 0 spiro atoms. The van der Waals surface area contributed by atoms with Gasteiger partial charge < -0.3 is 9.64 Å². The minimum absolute atomic E-state index is 0.226. The molecule has 8 heteroatoms. The average Bonchev–Trinajstić information content (AvgIpc) is 2.81. The largest absolute Gasteiger partial charge is 0.462 e. The van der Waals surface area contributed by atoms with Crippen molar-refractivity contribution in [1.82, 2.24) is 0 Å². The molecule has 1 atom stereocenters. The highest BCUT2D eigenvalue weighted by molar-refractivity contribution is 7.87. The Labute approximate surface area is 121 Å². The second kappa shape index (κ2) is 5.80. The molecule has 2 rings (SSSR count). The first-order valence-electron chi connectivity index (χ1n) is 6.34. The summed E-state index contributed by atoms with van der Waals surface area (Å²) in [6, 6.07) is 5.94. The molecule has 1 aliphatic rings. The Bertz CT molecular complexity index is 656. The summed E-state index contributed by atoms with van der Waals surface area (Å²) < 4.78 is 39.5.